The highest BCUT2D eigenvalue weighted by Gasteiger charge is 2.26. The van der Waals surface area contributed by atoms with Gasteiger partial charge < -0.3 is 19.1 Å². The molecule has 0 spiro atoms. The fraction of sp³-hybridized carbons (Fsp3) is 0.588. The zero-order valence-electron chi connectivity index (χ0n) is 15.0. The minimum Gasteiger partial charge on any atom is -0.383 e. The van der Waals surface area contributed by atoms with E-state index in [1.165, 1.54) is 6.20 Å². The molecule has 1 aliphatic rings. The zero-order valence-corrected chi connectivity index (χ0v) is 15.0. The van der Waals surface area contributed by atoms with Gasteiger partial charge in [0.1, 0.15) is 5.82 Å². The molecule has 7 nitrogen and oxygen atoms in total. The second kappa shape index (κ2) is 7.77. The maximum Gasteiger partial charge on any atom is 0.227 e. The molecule has 0 saturated carbocycles. The normalized spacial score (nSPS) is 17.8. The summed E-state index contributed by atoms with van der Waals surface area (Å²) in [5.41, 5.74) is 0. The molecule has 0 N–H and O–H groups in total. The molecule has 136 valence electrons. The fourth-order valence-electron chi connectivity index (χ4n) is 3.24. The number of piperidine rings is 1. The van der Waals surface area contributed by atoms with Crippen molar-refractivity contribution < 1.29 is 9.13 Å². The molecule has 1 saturated heterocycles. The van der Waals surface area contributed by atoms with Crippen molar-refractivity contribution in [2.45, 2.75) is 25.3 Å². The second-order valence-electron chi connectivity index (χ2n) is 6.49. The lowest BCUT2D eigenvalue weighted by atomic mass is 9.97. The van der Waals surface area contributed by atoms with Gasteiger partial charge in [-0.1, -0.05) is 0 Å². The van der Waals surface area contributed by atoms with Crippen molar-refractivity contribution in [3.63, 3.8) is 0 Å². The van der Waals surface area contributed by atoms with Crippen molar-refractivity contribution in [3.8, 4) is 0 Å². The van der Waals surface area contributed by atoms with Crippen LogP contribution in [0.25, 0.3) is 0 Å². The van der Waals surface area contributed by atoms with E-state index in [1.54, 1.807) is 26.1 Å². The van der Waals surface area contributed by atoms with Gasteiger partial charge in [0.05, 0.1) is 12.8 Å². The molecule has 2 aromatic heterocycles. The van der Waals surface area contributed by atoms with Crippen LogP contribution in [0.4, 0.5) is 16.2 Å². The van der Waals surface area contributed by atoms with Crippen molar-refractivity contribution >= 4 is 11.8 Å². The van der Waals surface area contributed by atoms with Crippen LogP contribution in [-0.4, -0.2) is 60.4 Å². The van der Waals surface area contributed by atoms with E-state index in [0.29, 0.717) is 24.3 Å². The number of hydrogen-bond donors (Lipinski definition) is 0. The molecule has 0 aliphatic carbocycles. The van der Waals surface area contributed by atoms with E-state index >= 15 is 0 Å². The number of nitrogens with zero attached hydrogens (tertiary/aromatic N) is 6. The first-order valence-corrected chi connectivity index (χ1v) is 8.55. The predicted molar refractivity (Wildman–Crippen MR) is 94.6 cm³/mol. The minimum atomic E-state index is -0.405. The molecule has 0 radical (unpaired) electrons. The van der Waals surface area contributed by atoms with Crippen molar-refractivity contribution in [3.05, 3.63) is 30.2 Å². The average molecular weight is 348 g/mol. The van der Waals surface area contributed by atoms with Crippen LogP contribution in [0.2, 0.25) is 0 Å². The Bertz CT molecular complexity index is 704. The molecule has 0 bridgehead atoms. The van der Waals surface area contributed by atoms with Crippen LogP contribution in [0.1, 0.15) is 24.6 Å². The van der Waals surface area contributed by atoms with Crippen LogP contribution in [-0.2, 0) is 11.3 Å². The predicted octanol–water partition coefficient (Wildman–Crippen LogP) is 1.91. The fourth-order valence-corrected chi connectivity index (χ4v) is 3.24. The van der Waals surface area contributed by atoms with E-state index in [9.17, 15) is 4.39 Å². The smallest absolute Gasteiger partial charge is 0.227 e. The van der Waals surface area contributed by atoms with Crippen LogP contribution in [0.15, 0.2) is 18.6 Å². The summed E-state index contributed by atoms with van der Waals surface area (Å²) in [5.74, 6) is 1.85. The molecule has 0 amide bonds. The van der Waals surface area contributed by atoms with Gasteiger partial charge in [0.2, 0.25) is 5.95 Å². The lowest BCUT2D eigenvalue weighted by molar-refractivity contribution is 0.185. The maximum absolute atomic E-state index is 13.8. The monoisotopic (exact) mass is 348 g/mol. The number of aromatic nitrogens is 4. The number of halogens is 1. The lowest BCUT2D eigenvalue weighted by Gasteiger charge is -2.33. The van der Waals surface area contributed by atoms with Crippen LogP contribution in [0.5, 0.6) is 0 Å². The summed E-state index contributed by atoms with van der Waals surface area (Å²) in [7, 11) is 5.26. The van der Waals surface area contributed by atoms with E-state index < -0.39 is 5.82 Å². The van der Waals surface area contributed by atoms with Crippen molar-refractivity contribution in [2.75, 3.05) is 50.7 Å². The quantitative estimate of drug-likeness (QED) is 0.795. The molecule has 0 unspecified atom stereocenters. The Morgan fingerprint density at radius 1 is 1.36 bits per heavy atom. The minimum absolute atomic E-state index is 0.303. The standard InChI is InChI=1S/C17H25FN6O/c1-22(2)16-14(18)11-20-17(21-16)24-7-4-5-13(12-24)15-19-6-8-23(15)9-10-25-3/h6,8,11,13H,4-5,7,9-10,12H2,1-3H3/t13-/m1/s1. The highest BCUT2D eigenvalue weighted by Crippen LogP contribution is 2.28. The van der Waals surface area contributed by atoms with Crippen molar-refractivity contribution in [1.82, 2.24) is 19.5 Å². The van der Waals surface area contributed by atoms with Gasteiger partial charge in [-0.05, 0) is 12.8 Å². The van der Waals surface area contributed by atoms with Crippen LogP contribution in [0.3, 0.4) is 0 Å². The van der Waals surface area contributed by atoms with Crippen molar-refractivity contribution in [2.24, 2.45) is 0 Å². The largest absolute Gasteiger partial charge is 0.383 e. The average Bonchev–Trinajstić information content (AvgIpc) is 3.08. The molecule has 2 aromatic rings. The third-order valence-electron chi connectivity index (χ3n) is 4.49. The number of hydrogen-bond acceptors (Lipinski definition) is 6. The Balaban J connectivity index is 1.78. The summed E-state index contributed by atoms with van der Waals surface area (Å²) < 4.78 is 21.2. The van der Waals surface area contributed by atoms with Gasteiger partial charge in [0, 0.05) is 59.2 Å². The maximum atomic E-state index is 13.8. The summed E-state index contributed by atoms with van der Waals surface area (Å²) in [6.07, 6.45) is 7.18. The Hall–Kier alpha value is -2.22. The van der Waals surface area contributed by atoms with Gasteiger partial charge in [-0.3, -0.25) is 0 Å². The van der Waals surface area contributed by atoms with Gasteiger partial charge in [0.15, 0.2) is 11.6 Å². The summed E-state index contributed by atoms with van der Waals surface area (Å²) in [4.78, 5) is 16.9. The number of methoxy groups -OCH3 is 1. The molecule has 3 heterocycles. The highest BCUT2D eigenvalue weighted by molar-refractivity contribution is 5.44. The number of anilines is 2. The van der Waals surface area contributed by atoms with E-state index in [2.05, 4.69) is 24.4 Å². The SMILES string of the molecule is COCCn1ccnc1[C@@H]1CCCN(c2ncc(F)c(N(C)C)n2)C1. The third-order valence-corrected chi connectivity index (χ3v) is 4.49. The molecule has 1 atom stereocenters. The van der Waals surface area contributed by atoms with Crippen molar-refractivity contribution in [1.29, 1.82) is 0 Å². The first-order chi connectivity index (χ1) is 12.1. The molecule has 1 fully saturated rings. The van der Waals surface area contributed by atoms with E-state index in [1.807, 2.05) is 12.4 Å². The van der Waals surface area contributed by atoms with Crippen LogP contribution < -0.4 is 9.80 Å². The van der Waals surface area contributed by atoms with Crippen LogP contribution >= 0.6 is 0 Å². The van der Waals surface area contributed by atoms with Gasteiger partial charge in [-0.25, -0.2) is 14.4 Å². The first kappa shape index (κ1) is 17.6. The highest BCUT2D eigenvalue weighted by atomic mass is 19.1. The number of ether oxygens (including phenoxy) is 1. The molecule has 3 rings (SSSR count). The summed E-state index contributed by atoms with van der Waals surface area (Å²) in [5, 5.41) is 0. The van der Waals surface area contributed by atoms with E-state index in [4.69, 9.17) is 4.74 Å². The van der Waals surface area contributed by atoms with Gasteiger partial charge >= 0.3 is 0 Å². The summed E-state index contributed by atoms with van der Waals surface area (Å²) >= 11 is 0. The molecular weight excluding hydrogens is 323 g/mol. The third kappa shape index (κ3) is 3.89. The Labute approximate surface area is 147 Å². The Morgan fingerprint density at radius 3 is 2.96 bits per heavy atom. The lowest BCUT2D eigenvalue weighted by Crippen LogP contribution is -2.37. The van der Waals surface area contributed by atoms with Gasteiger partial charge in [0.25, 0.3) is 0 Å². The van der Waals surface area contributed by atoms with Crippen LogP contribution in [0, 0.1) is 5.82 Å². The summed E-state index contributed by atoms with van der Waals surface area (Å²) in [6, 6.07) is 0. The summed E-state index contributed by atoms with van der Waals surface area (Å²) in [6.45, 7) is 3.10. The van der Waals surface area contributed by atoms with Gasteiger partial charge in [-0.15, -0.1) is 0 Å². The second-order valence-corrected chi connectivity index (χ2v) is 6.49. The Morgan fingerprint density at radius 2 is 2.20 bits per heavy atom. The Kier molecular flexibility index (Phi) is 5.47. The zero-order chi connectivity index (χ0) is 17.8. The molecule has 0 aromatic carbocycles. The first-order valence-electron chi connectivity index (χ1n) is 8.55. The van der Waals surface area contributed by atoms with E-state index in [0.717, 1.165) is 38.3 Å². The number of imidazole rings is 1. The molecule has 1 aliphatic heterocycles. The molecule has 8 heteroatoms. The van der Waals surface area contributed by atoms with Gasteiger partial charge in [-0.2, -0.15) is 4.98 Å². The molecule has 25 heavy (non-hydrogen) atoms. The molecular formula is C17H25FN6O. The number of rotatable bonds is 6. The van der Waals surface area contributed by atoms with E-state index in [-0.39, 0.29) is 0 Å². The topological polar surface area (TPSA) is 59.3 Å².